The smallest absolute Gasteiger partial charge is 0.220 e. The third kappa shape index (κ3) is 3.23. The minimum absolute atomic E-state index is 0.0472. The number of aromatic nitrogens is 2. The molecule has 5 heteroatoms. The van der Waals surface area contributed by atoms with Gasteiger partial charge in [0.05, 0.1) is 6.10 Å². The van der Waals surface area contributed by atoms with Crippen molar-refractivity contribution in [1.29, 1.82) is 0 Å². The number of aryl methyl sites for hydroxylation is 1. The average Bonchev–Trinajstić information content (AvgIpc) is 3.04. The van der Waals surface area contributed by atoms with Crippen LogP contribution in [0.15, 0.2) is 18.5 Å². The number of aliphatic hydroxyl groups is 1. The molecular formula is C19H29N3O2. The van der Waals surface area contributed by atoms with Gasteiger partial charge < -0.3 is 10.4 Å². The summed E-state index contributed by atoms with van der Waals surface area (Å²) in [7, 11) is 0. The van der Waals surface area contributed by atoms with Crippen LogP contribution in [0.3, 0.4) is 0 Å². The number of hydrogen-bond acceptors (Lipinski definition) is 3. The summed E-state index contributed by atoms with van der Waals surface area (Å²) in [6.07, 6.45) is 12.2. The summed E-state index contributed by atoms with van der Waals surface area (Å²) in [5, 5.41) is 17.9. The molecule has 4 aliphatic carbocycles. The second-order valence-electron chi connectivity index (χ2n) is 8.47. The Morgan fingerprint density at radius 1 is 1.25 bits per heavy atom. The molecule has 1 amide bonds. The van der Waals surface area contributed by atoms with E-state index in [-0.39, 0.29) is 17.4 Å². The van der Waals surface area contributed by atoms with Crippen molar-refractivity contribution in [3.05, 3.63) is 18.5 Å². The Labute approximate surface area is 143 Å². The molecule has 0 radical (unpaired) electrons. The van der Waals surface area contributed by atoms with E-state index in [1.54, 1.807) is 6.20 Å². The van der Waals surface area contributed by atoms with Gasteiger partial charge in [0, 0.05) is 31.9 Å². The van der Waals surface area contributed by atoms with Crippen molar-refractivity contribution in [1.82, 2.24) is 15.1 Å². The molecule has 1 atom stereocenters. The number of nitrogens with zero attached hydrogens (tertiary/aromatic N) is 2. The van der Waals surface area contributed by atoms with Gasteiger partial charge in [0.15, 0.2) is 0 Å². The van der Waals surface area contributed by atoms with E-state index in [0.29, 0.717) is 13.0 Å². The van der Waals surface area contributed by atoms with Crippen molar-refractivity contribution in [2.75, 3.05) is 6.54 Å². The SMILES string of the molecule is O=C(CCCn1cccn1)NC[C@@H](O)C12CC3CC(CC(C3)C1)C2. The number of nitrogens with one attached hydrogen (secondary N) is 1. The Hall–Kier alpha value is -1.36. The van der Waals surface area contributed by atoms with Gasteiger partial charge in [-0.05, 0) is 74.2 Å². The Balaban J connectivity index is 1.23. The fourth-order valence-corrected chi connectivity index (χ4v) is 5.94. The largest absolute Gasteiger partial charge is 0.391 e. The summed E-state index contributed by atoms with van der Waals surface area (Å²) < 4.78 is 1.84. The quantitative estimate of drug-likeness (QED) is 0.806. The summed E-state index contributed by atoms with van der Waals surface area (Å²) in [4.78, 5) is 12.1. The number of carbonyl (C=O) groups excluding carboxylic acids is 1. The van der Waals surface area contributed by atoms with E-state index in [4.69, 9.17) is 0 Å². The van der Waals surface area contributed by atoms with Crippen molar-refractivity contribution < 1.29 is 9.90 Å². The number of amides is 1. The van der Waals surface area contributed by atoms with Gasteiger partial charge in [0.1, 0.15) is 0 Å². The van der Waals surface area contributed by atoms with Crippen molar-refractivity contribution in [3.63, 3.8) is 0 Å². The lowest BCUT2D eigenvalue weighted by Gasteiger charge is -2.58. The van der Waals surface area contributed by atoms with Crippen LogP contribution >= 0.6 is 0 Å². The van der Waals surface area contributed by atoms with Crippen LogP contribution in [0.5, 0.6) is 0 Å². The summed E-state index contributed by atoms with van der Waals surface area (Å²) >= 11 is 0. The van der Waals surface area contributed by atoms with Crippen molar-refractivity contribution >= 4 is 5.91 Å². The zero-order valence-electron chi connectivity index (χ0n) is 14.4. The van der Waals surface area contributed by atoms with Gasteiger partial charge in [-0.15, -0.1) is 0 Å². The molecule has 0 unspecified atom stereocenters. The number of aliphatic hydroxyl groups excluding tert-OH is 1. The molecule has 1 aromatic rings. The van der Waals surface area contributed by atoms with E-state index >= 15 is 0 Å². The maximum atomic E-state index is 12.1. The minimum atomic E-state index is -0.374. The fraction of sp³-hybridized carbons (Fsp3) is 0.789. The average molecular weight is 331 g/mol. The monoisotopic (exact) mass is 331 g/mol. The van der Waals surface area contributed by atoms with Crippen LogP contribution in [-0.4, -0.2) is 33.4 Å². The van der Waals surface area contributed by atoms with Crippen LogP contribution in [0.1, 0.15) is 51.4 Å². The fourth-order valence-electron chi connectivity index (χ4n) is 5.94. The molecule has 1 heterocycles. The molecule has 4 fully saturated rings. The first-order chi connectivity index (χ1) is 11.6. The predicted molar refractivity (Wildman–Crippen MR) is 91.1 cm³/mol. The van der Waals surface area contributed by atoms with Crippen LogP contribution in [0.2, 0.25) is 0 Å². The topological polar surface area (TPSA) is 67.2 Å². The number of hydrogen-bond donors (Lipinski definition) is 2. The molecule has 4 saturated carbocycles. The minimum Gasteiger partial charge on any atom is -0.391 e. The van der Waals surface area contributed by atoms with E-state index in [9.17, 15) is 9.90 Å². The summed E-state index contributed by atoms with van der Waals surface area (Å²) in [6.45, 7) is 1.19. The molecular weight excluding hydrogens is 302 g/mol. The highest BCUT2D eigenvalue weighted by atomic mass is 16.3. The molecule has 5 nitrogen and oxygen atoms in total. The normalized spacial score (nSPS) is 35.1. The first-order valence-electron chi connectivity index (χ1n) is 9.55. The Morgan fingerprint density at radius 3 is 2.50 bits per heavy atom. The van der Waals surface area contributed by atoms with Crippen molar-refractivity contribution in [2.24, 2.45) is 23.2 Å². The molecule has 1 aromatic heterocycles. The zero-order valence-corrected chi connectivity index (χ0v) is 14.4. The van der Waals surface area contributed by atoms with Gasteiger partial charge in [-0.2, -0.15) is 5.10 Å². The molecule has 0 saturated heterocycles. The molecule has 2 N–H and O–H groups in total. The van der Waals surface area contributed by atoms with Gasteiger partial charge >= 0.3 is 0 Å². The molecule has 0 aliphatic heterocycles. The third-order valence-electron chi connectivity index (χ3n) is 6.64. The number of rotatable bonds is 7. The van der Waals surface area contributed by atoms with E-state index < -0.39 is 0 Å². The molecule has 0 aromatic carbocycles. The van der Waals surface area contributed by atoms with Crippen molar-refractivity contribution in [2.45, 2.75) is 64.0 Å². The summed E-state index contributed by atoms with van der Waals surface area (Å²) in [5.41, 5.74) is 0.0943. The van der Waals surface area contributed by atoms with Crippen LogP contribution in [-0.2, 0) is 11.3 Å². The van der Waals surface area contributed by atoms with Crippen LogP contribution in [0.25, 0.3) is 0 Å². The van der Waals surface area contributed by atoms with Gasteiger partial charge in [0.25, 0.3) is 0 Å². The van der Waals surface area contributed by atoms with E-state index in [1.807, 2.05) is 16.9 Å². The number of carbonyl (C=O) groups is 1. The lowest BCUT2D eigenvalue weighted by atomic mass is 9.48. The second kappa shape index (κ2) is 6.51. The van der Waals surface area contributed by atoms with E-state index in [1.165, 1.54) is 38.5 Å². The lowest BCUT2D eigenvalue weighted by molar-refractivity contribution is -0.129. The maximum Gasteiger partial charge on any atom is 0.220 e. The lowest BCUT2D eigenvalue weighted by Crippen LogP contribution is -2.54. The van der Waals surface area contributed by atoms with Crippen molar-refractivity contribution in [3.8, 4) is 0 Å². The first kappa shape index (κ1) is 16.1. The Morgan fingerprint density at radius 2 is 1.92 bits per heavy atom. The Kier molecular flexibility index (Phi) is 4.37. The molecule has 24 heavy (non-hydrogen) atoms. The molecule has 132 valence electrons. The van der Waals surface area contributed by atoms with Gasteiger partial charge in [-0.1, -0.05) is 0 Å². The van der Waals surface area contributed by atoms with Gasteiger partial charge in [0.2, 0.25) is 5.91 Å². The van der Waals surface area contributed by atoms with E-state index in [2.05, 4.69) is 10.4 Å². The van der Waals surface area contributed by atoms with Gasteiger partial charge in [-0.3, -0.25) is 9.48 Å². The first-order valence-corrected chi connectivity index (χ1v) is 9.55. The Bertz CT molecular complexity index is 534. The summed E-state index contributed by atoms with van der Waals surface area (Å²) in [6, 6.07) is 1.89. The highest BCUT2D eigenvalue weighted by Crippen LogP contribution is 2.61. The molecule has 0 spiro atoms. The molecule has 4 bridgehead atoms. The van der Waals surface area contributed by atoms with Crippen LogP contribution in [0.4, 0.5) is 0 Å². The third-order valence-corrected chi connectivity index (χ3v) is 6.64. The molecule has 4 aliphatic rings. The maximum absolute atomic E-state index is 12.1. The molecule has 5 rings (SSSR count). The highest BCUT2D eigenvalue weighted by molar-refractivity contribution is 5.75. The second-order valence-corrected chi connectivity index (χ2v) is 8.47. The van der Waals surface area contributed by atoms with E-state index in [0.717, 1.165) is 30.7 Å². The predicted octanol–water partition coefficient (Wildman–Crippen LogP) is 2.36. The van der Waals surface area contributed by atoms with Gasteiger partial charge in [-0.25, -0.2) is 0 Å². The standard InChI is InChI=1S/C19H29N3O2/c23-17(13-20-18(24)3-1-5-22-6-2-4-21-22)19-10-14-7-15(11-19)9-16(8-14)12-19/h2,4,6,14-17,23H,1,3,5,7-13H2,(H,20,24)/t14?,15?,16?,17-,19?/m1/s1. The summed E-state index contributed by atoms with van der Waals surface area (Å²) in [5.74, 6) is 2.54. The highest BCUT2D eigenvalue weighted by Gasteiger charge is 2.53. The van der Waals surface area contributed by atoms with Crippen LogP contribution < -0.4 is 5.32 Å². The zero-order chi connectivity index (χ0) is 16.6. The van der Waals surface area contributed by atoms with Crippen LogP contribution in [0, 0.1) is 23.2 Å².